The van der Waals surface area contributed by atoms with E-state index in [9.17, 15) is 18.1 Å². The zero-order valence-electron chi connectivity index (χ0n) is 15.8. The molecular weight excluding hydrogens is 375 g/mol. The van der Waals surface area contributed by atoms with Gasteiger partial charge in [-0.3, -0.25) is 0 Å². The number of aryl methyl sites for hydroxylation is 1. The number of fused-ring (bicyclic) bond motifs is 5. The molecule has 0 amide bonds. The summed E-state index contributed by atoms with van der Waals surface area (Å²) >= 11 is 0. The van der Waals surface area contributed by atoms with Gasteiger partial charge in [-0.1, -0.05) is 18.9 Å². The second-order valence-electron chi connectivity index (χ2n) is 8.27. The number of aliphatic hydroxyl groups is 1. The Balaban J connectivity index is 0.00000210. The van der Waals surface area contributed by atoms with Gasteiger partial charge in [0.15, 0.2) is 0 Å². The van der Waals surface area contributed by atoms with Gasteiger partial charge in [0.1, 0.15) is 11.4 Å². The number of benzene rings is 1. The van der Waals surface area contributed by atoms with Crippen LogP contribution in [0, 0.1) is 29.6 Å². The van der Waals surface area contributed by atoms with Crippen molar-refractivity contribution in [1.29, 1.82) is 0 Å². The molecule has 1 aromatic carbocycles. The Labute approximate surface area is 183 Å². The summed E-state index contributed by atoms with van der Waals surface area (Å²) in [5.41, 5.74) is 1.03. The van der Waals surface area contributed by atoms with Crippen molar-refractivity contribution in [2.24, 2.45) is 17.3 Å². The van der Waals surface area contributed by atoms with Gasteiger partial charge < -0.3 is 13.8 Å². The fraction of sp³-hybridized carbons (Fsp3) is 0.600. The fourth-order valence-electron chi connectivity index (χ4n) is 5.98. The second-order valence-corrected chi connectivity index (χ2v) is 9.25. The molecule has 1 N–H and O–H groups in total. The number of hydrogen-bond acceptors (Lipinski definition) is 5. The SMILES string of the molecule is C#C[C@]1(O)CC[C@H]2[C@@H]3CCc4cc(OS(=O)(=O)[O-])ccc4[C@H]3CC[C@@]21C.[Na+]. The summed E-state index contributed by atoms with van der Waals surface area (Å²) in [6.45, 7) is 2.15. The Kier molecular flexibility index (Phi) is 5.53. The van der Waals surface area contributed by atoms with Crippen molar-refractivity contribution in [2.45, 2.75) is 57.0 Å². The van der Waals surface area contributed by atoms with Crippen LogP contribution in [-0.4, -0.2) is 23.7 Å². The Hall–Kier alpha value is -0.550. The minimum atomic E-state index is -4.76. The van der Waals surface area contributed by atoms with Crippen LogP contribution in [0.2, 0.25) is 0 Å². The van der Waals surface area contributed by atoms with Crippen molar-refractivity contribution in [3.05, 3.63) is 29.3 Å². The monoisotopic (exact) mass is 398 g/mol. The average molecular weight is 398 g/mol. The molecule has 27 heavy (non-hydrogen) atoms. The molecule has 0 aromatic heterocycles. The van der Waals surface area contributed by atoms with E-state index in [1.165, 1.54) is 5.56 Å². The minimum absolute atomic E-state index is 0. The van der Waals surface area contributed by atoms with Crippen molar-refractivity contribution >= 4 is 10.4 Å². The zero-order chi connectivity index (χ0) is 18.7. The molecule has 0 unspecified atom stereocenters. The molecule has 140 valence electrons. The van der Waals surface area contributed by atoms with Crippen molar-refractivity contribution in [3.63, 3.8) is 0 Å². The topological polar surface area (TPSA) is 86.7 Å². The number of rotatable bonds is 2. The second kappa shape index (κ2) is 7.05. The molecule has 0 heterocycles. The fourth-order valence-corrected chi connectivity index (χ4v) is 6.32. The molecule has 2 saturated carbocycles. The first-order valence-electron chi connectivity index (χ1n) is 9.15. The van der Waals surface area contributed by atoms with Crippen LogP contribution in [0.1, 0.15) is 56.1 Å². The third kappa shape index (κ3) is 3.37. The molecule has 0 aliphatic heterocycles. The first-order chi connectivity index (χ1) is 12.2. The maximum absolute atomic E-state index is 10.9. The van der Waals surface area contributed by atoms with Crippen LogP contribution in [-0.2, 0) is 16.8 Å². The standard InChI is InChI=1S/C20H24O5S.Na/c1-3-20(21)11-9-18-17-6-4-13-12-14(25-26(22,23)24)5-7-15(13)16(17)8-10-19(18,20)2;/h1,5,7,12,16-18,21H,4,6,8-11H2,2H3,(H,22,23,24);/q;+1/p-1/t16-,17-,18+,19+,20+;/m1./s1. The van der Waals surface area contributed by atoms with E-state index in [2.05, 4.69) is 17.0 Å². The van der Waals surface area contributed by atoms with E-state index in [1.807, 2.05) is 6.07 Å². The van der Waals surface area contributed by atoms with Crippen LogP contribution in [0.5, 0.6) is 5.75 Å². The van der Waals surface area contributed by atoms with Crippen LogP contribution >= 0.6 is 0 Å². The summed E-state index contributed by atoms with van der Waals surface area (Å²) in [5, 5.41) is 10.9. The van der Waals surface area contributed by atoms with Gasteiger partial charge in [-0.15, -0.1) is 6.42 Å². The van der Waals surface area contributed by atoms with Crippen LogP contribution in [0.3, 0.4) is 0 Å². The third-order valence-electron chi connectivity index (χ3n) is 7.29. The first kappa shape index (κ1) is 21.2. The molecule has 3 aliphatic carbocycles. The van der Waals surface area contributed by atoms with Crippen molar-refractivity contribution in [1.82, 2.24) is 0 Å². The van der Waals surface area contributed by atoms with Crippen LogP contribution in [0.4, 0.5) is 0 Å². The van der Waals surface area contributed by atoms with E-state index in [4.69, 9.17) is 6.42 Å². The van der Waals surface area contributed by atoms with E-state index in [0.29, 0.717) is 24.2 Å². The average Bonchev–Trinajstić information content (AvgIpc) is 2.85. The molecule has 5 atom stereocenters. The van der Waals surface area contributed by atoms with Gasteiger partial charge in [0.05, 0.1) is 0 Å². The molecule has 0 saturated heterocycles. The summed E-state index contributed by atoms with van der Waals surface area (Å²) < 4.78 is 37.0. The summed E-state index contributed by atoms with van der Waals surface area (Å²) in [6.07, 6.45) is 10.9. The van der Waals surface area contributed by atoms with Gasteiger partial charge in [0, 0.05) is 5.41 Å². The molecule has 7 heteroatoms. The van der Waals surface area contributed by atoms with E-state index < -0.39 is 16.0 Å². The quantitative estimate of drug-likeness (QED) is 0.321. The molecule has 1 aromatic rings. The molecule has 0 radical (unpaired) electrons. The van der Waals surface area contributed by atoms with Gasteiger partial charge in [-0.2, -0.15) is 0 Å². The molecular formula is C20H23NaO5S. The van der Waals surface area contributed by atoms with Gasteiger partial charge in [-0.05, 0) is 79.5 Å². The largest absolute Gasteiger partial charge is 1.00 e. The predicted molar refractivity (Wildman–Crippen MR) is 95.2 cm³/mol. The van der Waals surface area contributed by atoms with E-state index in [1.54, 1.807) is 12.1 Å². The number of hydrogen-bond donors (Lipinski definition) is 1. The minimum Gasteiger partial charge on any atom is -0.716 e. The van der Waals surface area contributed by atoms with Crippen molar-refractivity contribution < 1.29 is 51.8 Å². The van der Waals surface area contributed by atoms with E-state index in [-0.39, 0.29) is 40.7 Å². The molecule has 3 aliphatic rings. The summed E-state index contributed by atoms with van der Waals surface area (Å²) in [4.78, 5) is 0. The van der Waals surface area contributed by atoms with E-state index >= 15 is 0 Å². The van der Waals surface area contributed by atoms with Crippen LogP contribution in [0.15, 0.2) is 18.2 Å². The van der Waals surface area contributed by atoms with Crippen molar-refractivity contribution in [3.8, 4) is 18.1 Å². The molecule has 2 fully saturated rings. The molecule has 0 bridgehead atoms. The maximum atomic E-state index is 10.9. The van der Waals surface area contributed by atoms with Gasteiger partial charge in [0.25, 0.3) is 10.4 Å². The Morgan fingerprint density at radius 3 is 2.70 bits per heavy atom. The van der Waals surface area contributed by atoms with Crippen molar-refractivity contribution in [2.75, 3.05) is 0 Å². The normalized spacial score (nSPS) is 37.2. The predicted octanol–water partition coefficient (Wildman–Crippen LogP) is -0.250. The third-order valence-corrected chi connectivity index (χ3v) is 7.68. The van der Waals surface area contributed by atoms with Gasteiger partial charge in [-0.25, -0.2) is 8.42 Å². The summed E-state index contributed by atoms with van der Waals surface area (Å²) in [6, 6.07) is 5.15. The molecule has 5 nitrogen and oxygen atoms in total. The maximum Gasteiger partial charge on any atom is 1.00 e. The smallest absolute Gasteiger partial charge is 0.716 e. The van der Waals surface area contributed by atoms with Gasteiger partial charge in [0.2, 0.25) is 0 Å². The van der Waals surface area contributed by atoms with E-state index in [0.717, 1.165) is 37.7 Å². The van der Waals surface area contributed by atoms with Gasteiger partial charge >= 0.3 is 29.6 Å². The zero-order valence-corrected chi connectivity index (χ0v) is 18.6. The summed E-state index contributed by atoms with van der Waals surface area (Å²) in [7, 11) is -4.76. The number of terminal acetylenes is 1. The Morgan fingerprint density at radius 1 is 1.30 bits per heavy atom. The summed E-state index contributed by atoms with van der Waals surface area (Å²) in [5.74, 6) is 4.01. The molecule has 4 rings (SSSR count). The Morgan fingerprint density at radius 2 is 2.04 bits per heavy atom. The van der Waals surface area contributed by atoms with Crippen LogP contribution < -0.4 is 33.7 Å². The first-order valence-corrected chi connectivity index (χ1v) is 10.5. The Bertz CT molecular complexity index is 892. The molecule has 0 spiro atoms. The van der Waals surface area contributed by atoms with Crippen LogP contribution in [0.25, 0.3) is 0 Å².